The Hall–Kier alpha value is -1.67. The van der Waals surface area contributed by atoms with Crippen molar-refractivity contribution in [3.63, 3.8) is 0 Å². The van der Waals surface area contributed by atoms with Crippen LogP contribution in [0.3, 0.4) is 0 Å². The molecule has 0 aliphatic heterocycles. The summed E-state index contributed by atoms with van der Waals surface area (Å²) in [4.78, 5) is 0. The molecule has 1 atom stereocenters. The number of rotatable bonds is 1. The van der Waals surface area contributed by atoms with Crippen LogP contribution >= 0.6 is 0 Å². The third kappa shape index (κ3) is 1.48. The third-order valence-electron chi connectivity index (χ3n) is 3.55. The van der Waals surface area contributed by atoms with Gasteiger partial charge >= 0.3 is 0 Å². The molecule has 0 bridgehead atoms. The van der Waals surface area contributed by atoms with Gasteiger partial charge in [-0.3, -0.25) is 0 Å². The standard InChI is InChI=1S/C15H13FO/c16-14-8-4-7-13-12(14)9-10-15(13,17)11-5-2-1-3-6-11/h1-8,17H,9-10H2. The van der Waals surface area contributed by atoms with Crippen LogP contribution < -0.4 is 0 Å². The third-order valence-corrected chi connectivity index (χ3v) is 3.55. The van der Waals surface area contributed by atoms with Gasteiger partial charge in [0.05, 0.1) is 0 Å². The molecule has 1 N–H and O–H groups in total. The summed E-state index contributed by atoms with van der Waals surface area (Å²) in [5.74, 6) is -0.214. The molecule has 3 rings (SSSR count). The van der Waals surface area contributed by atoms with E-state index < -0.39 is 5.60 Å². The number of halogens is 1. The molecular weight excluding hydrogens is 215 g/mol. The molecule has 1 nitrogen and oxygen atoms in total. The lowest BCUT2D eigenvalue weighted by Gasteiger charge is -2.24. The van der Waals surface area contributed by atoms with Crippen molar-refractivity contribution in [1.82, 2.24) is 0 Å². The molecule has 17 heavy (non-hydrogen) atoms. The minimum absolute atomic E-state index is 0.214. The molecule has 0 heterocycles. The lowest BCUT2D eigenvalue weighted by Crippen LogP contribution is -2.23. The molecule has 0 amide bonds. The molecule has 1 aliphatic carbocycles. The average Bonchev–Trinajstić information content (AvgIpc) is 2.72. The molecule has 2 aromatic rings. The van der Waals surface area contributed by atoms with E-state index in [1.165, 1.54) is 6.07 Å². The second-order valence-corrected chi connectivity index (χ2v) is 4.49. The van der Waals surface area contributed by atoms with Gasteiger partial charge in [-0.2, -0.15) is 0 Å². The zero-order valence-electron chi connectivity index (χ0n) is 9.36. The van der Waals surface area contributed by atoms with E-state index in [4.69, 9.17) is 0 Å². The van der Waals surface area contributed by atoms with Gasteiger partial charge in [0, 0.05) is 0 Å². The fourth-order valence-corrected chi connectivity index (χ4v) is 2.65. The lowest BCUT2D eigenvalue weighted by atomic mass is 9.88. The minimum atomic E-state index is -1.03. The van der Waals surface area contributed by atoms with E-state index in [9.17, 15) is 9.50 Å². The first-order valence-corrected chi connectivity index (χ1v) is 5.77. The summed E-state index contributed by atoms with van der Waals surface area (Å²) >= 11 is 0. The first-order valence-electron chi connectivity index (χ1n) is 5.77. The van der Waals surface area contributed by atoms with E-state index in [2.05, 4.69) is 0 Å². The maximum absolute atomic E-state index is 13.6. The van der Waals surface area contributed by atoms with Gasteiger partial charge in [0.15, 0.2) is 0 Å². The number of aliphatic hydroxyl groups is 1. The highest BCUT2D eigenvalue weighted by Gasteiger charge is 2.39. The average molecular weight is 228 g/mol. The van der Waals surface area contributed by atoms with Crippen LogP contribution in [0.4, 0.5) is 4.39 Å². The second-order valence-electron chi connectivity index (χ2n) is 4.49. The lowest BCUT2D eigenvalue weighted by molar-refractivity contribution is 0.0829. The van der Waals surface area contributed by atoms with Gasteiger partial charge in [0.1, 0.15) is 11.4 Å². The molecule has 2 heteroatoms. The summed E-state index contributed by atoms with van der Waals surface area (Å²) in [6.07, 6.45) is 1.14. The largest absolute Gasteiger partial charge is 0.380 e. The van der Waals surface area contributed by atoms with Crippen molar-refractivity contribution in [3.8, 4) is 0 Å². The van der Waals surface area contributed by atoms with E-state index in [1.54, 1.807) is 6.07 Å². The smallest absolute Gasteiger partial charge is 0.126 e. The van der Waals surface area contributed by atoms with Crippen molar-refractivity contribution >= 4 is 0 Å². The predicted molar refractivity (Wildman–Crippen MR) is 64.2 cm³/mol. The number of benzene rings is 2. The number of hydrogen-bond donors (Lipinski definition) is 1. The van der Waals surface area contributed by atoms with Crippen molar-refractivity contribution in [1.29, 1.82) is 0 Å². The van der Waals surface area contributed by atoms with Crippen LogP contribution in [-0.2, 0) is 12.0 Å². The quantitative estimate of drug-likeness (QED) is 0.795. The van der Waals surface area contributed by atoms with Crippen LogP contribution in [0, 0.1) is 5.82 Å². The molecule has 86 valence electrons. The first-order chi connectivity index (χ1) is 8.22. The fraction of sp³-hybridized carbons (Fsp3) is 0.200. The Balaban J connectivity index is 2.18. The summed E-state index contributed by atoms with van der Waals surface area (Å²) < 4.78 is 13.6. The van der Waals surface area contributed by atoms with Crippen LogP contribution in [-0.4, -0.2) is 5.11 Å². The van der Waals surface area contributed by atoms with Gasteiger partial charge in [0.25, 0.3) is 0 Å². The fourth-order valence-electron chi connectivity index (χ4n) is 2.65. The number of fused-ring (bicyclic) bond motifs is 1. The first kappa shape index (κ1) is 10.5. The predicted octanol–water partition coefficient (Wildman–Crippen LogP) is 3.01. The molecule has 0 aromatic heterocycles. The molecule has 2 aromatic carbocycles. The Morgan fingerprint density at radius 2 is 1.76 bits per heavy atom. The summed E-state index contributed by atoms with van der Waals surface area (Å²) in [5.41, 5.74) is 1.17. The molecule has 0 saturated heterocycles. The molecule has 1 aliphatic rings. The van der Waals surface area contributed by atoms with Crippen molar-refractivity contribution in [2.45, 2.75) is 18.4 Å². The van der Waals surface area contributed by atoms with Gasteiger partial charge in [-0.15, -0.1) is 0 Å². The zero-order valence-corrected chi connectivity index (χ0v) is 9.36. The van der Waals surface area contributed by atoms with Gasteiger partial charge in [-0.1, -0.05) is 42.5 Å². The Kier molecular flexibility index (Phi) is 2.26. The van der Waals surface area contributed by atoms with Crippen molar-refractivity contribution in [2.75, 3.05) is 0 Å². The van der Waals surface area contributed by atoms with E-state index in [0.717, 1.165) is 5.56 Å². The summed E-state index contributed by atoms with van der Waals surface area (Å²) in [6.45, 7) is 0. The highest BCUT2D eigenvalue weighted by atomic mass is 19.1. The van der Waals surface area contributed by atoms with Crippen LogP contribution in [0.1, 0.15) is 23.1 Å². The maximum atomic E-state index is 13.6. The summed E-state index contributed by atoms with van der Waals surface area (Å²) in [7, 11) is 0. The molecule has 0 fully saturated rings. The van der Waals surface area contributed by atoms with Gasteiger partial charge in [0.2, 0.25) is 0 Å². The van der Waals surface area contributed by atoms with Crippen molar-refractivity contribution < 1.29 is 9.50 Å². The molecular formula is C15H13FO. The second kappa shape index (κ2) is 3.67. The molecule has 0 saturated carbocycles. The van der Waals surface area contributed by atoms with E-state index >= 15 is 0 Å². The molecule has 0 spiro atoms. The molecule has 0 radical (unpaired) electrons. The van der Waals surface area contributed by atoms with Gasteiger partial charge in [-0.25, -0.2) is 4.39 Å². The molecule has 1 unspecified atom stereocenters. The Labute approximate surface area is 99.5 Å². The van der Waals surface area contributed by atoms with Crippen LogP contribution in [0.2, 0.25) is 0 Å². The SMILES string of the molecule is OC1(c2ccccc2)CCc2c(F)cccc21. The Morgan fingerprint density at radius 1 is 1.00 bits per heavy atom. The summed E-state index contributed by atoms with van der Waals surface area (Å²) in [6, 6.07) is 14.4. The van der Waals surface area contributed by atoms with E-state index in [-0.39, 0.29) is 5.82 Å². The normalized spacial score (nSPS) is 22.5. The Morgan fingerprint density at radius 3 is 2.53 bits per heavy atom. The van der Waals surface area contributed by atoms with Crippen molar-refractivity contribution in [2.24, 2.45) is 0 Å². The number of hydrogen-bond acceptors (Lipinski definition) is 1. The summed E-state index contributed by atoms with van der Waals surface area (Å²) in [5, 5.41) is 10.8. The van der Waals surface area contributed by atoms with Gasteiger partial charge in [-0.05, 0) is 35.6 Å². The minimum Gasteiger partial charge on any atom is -0.380 e. The Bertz CT molecular complexity index is 550. The monoisotopic (exact) mass is 228 g/mol. The topological polar surface area (TPSA) is 20.2 Å². The van der Waals surface area contributed by atoms with E-state index in [1.807, 2.05) is 36.4 Å². The maximum Gasteiger partial charge on any atom is 0.126 e. The van der Waals surface area contributed by atoms with Crippen LogP contribution in [0.25, 0.3) is 0 Å². The van der Waals surface area contributed by atoms with Crippen molar-refractivity contribution in [3.05, 3.63) is 71.0 Å². The van der Waals surface area contributed by atoms with Crippen LogP contribution in [0.5, 0.6) is 0 Å². The zero-order chi connectivity index (χ0) is 11.9. The highest BCUT2D eigenvalue weighted by molar-refractivity contribution is 5.45. The van der Waals surface area contributed by atoms with Crippen LogP contribution in [0.15, 0.2) is 48.5 Å². The highest BCUT2D eigenvalue weighted by Crippen LogP contribution is 2.42. The van der Waals surface area contributed by atoms with Gasteiger partial charge < -0.3 is 5.11 Å². The van der Waals surface area contributed by atoms with E-state index in [0.29, 0.717) is 24.0 Å².